The molecular weight excluding hydrogens is 290 g/mol. The Bertz CT molecular complexity index is 602. The van der Waals surface area contributed by atoms with Crippen LogP contribution in [0, 0.1) is 10.1 Å². The largest absolute Gasteiger partial charge is 0.383 e. The van der Waals surface area contributed by atoms with Gasteiger partial charge in [0.25, 0.3) is 5.69 Å². The Labute approximate surface area is 127 Å². The number of ether oxygens (including phenoxy) is 1. The van der Waals surface area contributed by atoms with Crippen LogP contribution < -0.4 is 10.2 Å². The van der Waals surface area contributed by atoms with E-state index in [4.69, 9.17) is 4.74 Å². The van der Waals surface area contributed by atoms with Crippen LogP contribution in [0.2, 0.25) is 0 Å². The molecule has 0 aliphatic carbocycles. The van der Waals surface area contributed by atoms with E-state index in [-0.39, 0.29) is 30.5 Å². The van der Waals surface area contributed by atoms with Crippen LogP contribution in [0.15, 0.2) is 18.2 Å². The normalized spacial score (nSPS) is 13.7. The Morgan fingerprint density at radius 1 is 1.45 bits per heavy atom. The van der Waals surface area contributed by atoms with E-state index in [1.54, 1.807) is 0 Å². The molecule has 1 aliphatic heterocycles. The van der Waals surface area contributed by atoms with Crippen molar-refractivity contribution in [2.24, 2.45) is 0 Å². The first kappa shape index (κ1) is 15.9. The zero-order valence-electron chi connectivity index (χ0n) is 12.2. The molecule has 8 nitrogen and oxygen atoms in total. The zero-order valence-corrected chi connectivity index (χ0v) is 12.2. The topological polar surface area (TPSA) is 102 Å². The number of methoxy groups -OCH3 is 1. The van der Waals surface area contributed by atoms with Gasteiger partial charge in [-0.05, 0) is 18.1 Å². The van der Waals surface area contributed by atoms with Crippen molar-refractivity contribution in [3.63, 3.8) is 0 Å². The lowest BCUT2D eigenvalue weighted by atomic mass is 10.0. The van der Waals surface area contributed by atoms with E-state index >= 15 is 0 Å². The minimum Gasteiger partial charge on any atom is -0.383 e. The average Bonchev–Trinajstić information content (AvgIpc) is 2.50. The Morgan fingerprint density at radius 3 is 2.91 bits per heavy atom. The minimum atomic E-state index is -0.474. The van der Waals surface area contributed by atoms with Crippen LogP contribution in [0.1, 0.15) is 12.0 Å². The van der Waals surface area contributed by atoms with E-state index in [9.17, 15) is 19.7 Å². The lowest BCUT2D eigenvalue weighted by Crippen LogP contribution is -2.43. The highest BCUT2D eigenvalue weighted by atomic mass is 16.6. The minimum absolute atomic E-state index is 0.0161. The van der Waals surface area contributed by atoms with Gasteiger partial charge in [-0.25, -0.2) is 0 Å². The molecule has 0 unspecified atom stereocenters. The molecule has 0 saturated carbocycles. The average molecular weight is 307 g/mol. The second-order valence-corrected chi connectivity index (χ2v) is 4.89. The summed E-state index contributed by atoms with van der Waals surface area (Å²) in [5.74, 6) is -0.458. The summed E-state index contributed by atoms with van der Waals surface area (Å²) in [6, 6.07) is 4.32. The summed E-state index contributed by atoms with van der Waals surface area (Å²) in [6.45, 7) is 0.653. The van der Waals surface area contributed by atoms with Gasteiger partial charge in [0, 0.05) is 37.9 Å². The number of hydrogen-bond acceptors (Lipinski definition) is 5. The fourth-order valence-corrected chi connectivity index (χ4v) is 2.33. The molecule has 1 aliphatic rings. The van der Waals surface area contributed by atoms with Crippen molar-refractivity contribution in [2.45, 2.75) is 12.8 Å². The first-order valence-electron chi connectivity index (χ1n) is 6.86. The van der Waals surface area contributed by atoms with E-state index in [1.165, 1.54) is 30.2 Å². The van der Waals surface area contributed by atoms with E-state index in [1.807, 2.05) is 0 Å². The summed E-state index contributed by atoms with van der Waals surface area (Å²) in [4.78, 5) is 35.6. The highest BCUT2D eigenvalue weighted by Crippen LogP contribution is 2.30. The molecule has 118 valence electrons. The third kappa shape index (κ3) is 3.59. The summed E-state index contributed by atoms with van der Waals surface area (Å²) in [5.41, 5.74) is 1.25. The summed E-state index contributed by atoms with van der Waals surface area (Å²) in [5, 5.41) is 13.5. The number of carbonyl (C=O) groups excluding carboxylic acids is 2. The summed E-state index contributed by atoms with van der Waals surface area (Å²) in [7, 11) is 1.53. The van der Waals surface area contributed by atoms with Crippen molar-refractivity contribution >= 4 is 23.2 Å². The Kier molecular flexibility index (Phi) is 5.05. The van der Waals surface area contributed by atoms with Gasteiger partial charge in [0.05, 0.1) is 11.5 Å². The van der Waals surface area contributed by atoms with Gasteiger partial charge in [-0.2, -0.15) is 0 Å². The van der Waals surface area contributed by atoms with Gasteiger partial charge in [-0.15, -0.1) is 0 Å². The number of non-ortho nitro benzene ring substituents is 1. The predicted octanol–water partition coefficient (Wildman–Crippen LogP) is 0.637. The highest BCUT2D eigenvalue weighted by Gasteiger charge is 2.27. The van der Waals surface area contributed by atoms with Crippen molar-refractivity contribution < 1.29 is 19.2 Å². The first-order valence-corrected chi connectivity index (χ1v) is 6.86. The number of aryl methyl sites for hydroxylation is 1. The maximum absolute atomic E-state index is 12.0. The van der Waals surface area contributed by atoms with Crippen LogP contribution in [0.3, 0.4) is 0 Å². The maximum Gasteiger partial charge on any atom is 0.269 e. The van der Waals surface area contributed by atoms with Crippen molar-refractivity contribution in [3.8, 4) is 0 Å². The van der Waals surface area contributed by atoms with Crippen molar-refractivity contribution in [3.05, 3.63) is 33.9 Å². The van der Waals surface area contributed by atoms with Gasteiger partial charge in [0.15, 0.2) is 0 Å². The lowest BCUT2D eigenvalue weighted by Gasteiger charge is -2.28. The van der Waals surface area contributed by atoms with E-state index < -0.39 is 4.92 Å². The number of fused-ring (bicyclic) bond motifs is 1. The molecule has 2 amide bonds. The molecule has 1 aromatic carbocycles. The standard InChI is InChI=1S/C14H17N3O5/c1-22-7-6-15-13(18)9-16-12-4-3-11(17(20)21)8-10(12)2-5-14(16)19/h3-4,8H,2,5-7,9H2,1H3,(H,15,18). The van der Waals surface area contributed by atoms with E-state index in [0.717, 1.165) is 0 Å². The van der Waals surface area contributed by atoms with Crippen LogP contribution in [0.25, 0.3) is 0 Å². The van der Waals surface area contributed by atoms with Gasteiger partial charge in [0.2, 0.25) is 11.8 Å². The molecular formula is C14H17N3O5. The van der Waals surface area contributed by atoms with Gasteiger partial charge >= 0.3 is 0 Å². The number of amides is 2. The predicted molar refractivity (Wildman–Crippen MR) is 78.7 cm³/mol. The molecule has 0 radical (unpaired) electrons. The molecule has 1 aromatic rings. The third-order valence-electron chi connectivity index (χ3n) is 3.40. The number of rotatable bonds is 6. The fourth-order valence-electron chi connectivity index (χ4n) is 2.33. The number of nitro benzene ring substituents is 1. The maximum atomic E-state index is 12.0. The summed E-state index contributed by atoms with van der Waals surface area (Å²) in [6.07, 6.45) is 0.678. The second-order valence-electron chi connectivity index (χ2n) is 4.89. The second kappa shape index (κ2) is 6.99. The Morgan fingerprint density at radius 2 is 2.23 bits per heavy atom. The van der Waals surface area contributed by atoms with Crippen molar-refractivity contribution in [2.75, 3.05) is 31.7 Å². The quantitative estimate of drug-likeness (QED) is 0.472. The third-order valence-corrected chi connectivity index (χ3v) is 3.40. The molecule has 0 fully saturated rings. The van der Waals surface area contributed by atoms with Crippen molar-refractivity contribution in [1.82, 2.24) is 5.32 Å². The SMILES string of the molecule is COCCNC(=O)CN1C(=O)CCc2cc([N+](=O)[O-])ccc21. The van der Waals surface area contributed by atoms with Gasteiger partial charge in [0.1, 0.15) is 6.54 Å². The molecule has 0 saturated heterocycles. The molecule has 1 N–H and O–H groups in total. The fraction of sp³-hybridized carbons (Fsp3) is 0.429. The van der Waals surface area contributed by atoms with E-state index in [0.29, 0.717) is 30.8 Å². The van der Waals surface area contributed by atoms with Crippen LogP contribution in [-0.2, 0) is 20.7 Å². The number of nitro groups is 1. The zero-order chi connectivity index (χ0) is 16.1. The monoisotopic (exact) mass is 307 g/mol. The van der Waals surface area contributed by atoms with Gasteiger partial charge in [-0.3, -0.25) is 19.7 Å². The Balaban J connectivity index is 2.14. The molecule has 2 rings (SSSR count). The molecule has 8 heteroatoms. The van der Waals surface area contributed by atoms with Crippen LogP contribution in [0.4, 0.5) is 11.4 Å². The molecule has 0 bridgehead atoms. The number of anilines is 1. The molecule has 1 heterocycles. The number of nitrogens with one attached hydrogen (secondary N) is 1. The first-order chi connectivity index (χ1) is 10.5. The number of carbonyl (C=O) groups is 2. The van der Waals surface area contributed by atoms with Gasteiger partial charge in [-0.1, -0.05) is 0 Å². The van der Waals surface area contributed by atoms with Crippen LogP contribution in [0.5, 0.6) is 0 Å². The van der Waals surface area contributed by atoms with Gasteiger partial charge < -0.3 is 15.0 Å². The number of hydrogen-bond donors (Lipinski definition) is 1. The molecule has 0 atom stereocenters. The smallest absolute Gasteiger partial charge is 0.269 e. The summed E-state index contributed by atoms with van der Waals surface area (Å²) < 4.78 is 4.84. The lowest BCUT2D eigenvalue weighted by molar-refractivity contribution is -0.384. The molecule has 0 aromatic heterocycles. The number of benzene rings is 1. The summed E-state index contributed by atoms with van der Waals surface area (Å²) >= 11 is 0. The van der Waals surface area contributed by atoms with Crippen LogP contribution in [-0.4, -0.2) is 43.5 Å². The van der Waals surface area contributed by atoms with Crippen LogP contribution >= 0.6 is 0 Å². The Hall–Kier alpha value is -2.48. The van der Waals surface area contributed by atoms with Crippen molar-refractivity contribution in [1.29, 1.82) is 0 Å². The molecule has 22 heavy (non-hydrogen) atoms. The highest BCUT2D eigenvalue weighted by molar-refractivity contribution is 6.01. The molecule has 0 spiro atoms. The van der Waals surface area contributed by atoms with E-state index in [2.05, 4.69) is 5.32 Å². The number of nitrogens with zero attached hydrogens (tertiary/aromatic N) is 2.